The van der Waals surface area contributed by atoms with Crippen molar-refractivity contribution in [1.82, 2.24) is 10.6 Å². The van der Waals surface area contributed by atoms with Gasteiger partial charge in [0.1, 0.15) is 19.5 Å². The van der Waals surface area contributed by atoms with Gasteiger partial charge in [-0.15, -0.1) is 0 Å². The summed E-state index contributed by atoms with van der Waals surface area (Å²) in [6.45, 7) is 2.76. The van der Waals surface area contributed by atoms with Crippen LogP contribution in [0.3, 0.4) is 0 Å². The highest BCUT2D eigenvalue weighted by Crippen LogP contribution is 2.05. The van der Waals surface area contributed by atoms with Crippen molar-refractivity contribution in [3.8, 4) is 0 Å². The number of amides is 1. The van der Waals surface area contributed by atoms with Crippen LogP contribution in [0.2, 0.25) is 0 Å². The summed E-state index contributed by atoms with van der Waals surface area (Å²) in [5.74, 6) is 0.0987. The zero-order chi connectivity index (χ0) is 9.80. The molecule has 1 saturated heterocycles. The molecule has 0 bridgehead atoms. The van der Waals surface area contributed by atoms with E-state index in [9.17, 15) is 4.79 Å². The maximum Gasteiger partial charge on any atom is 0.289 e. The zero-order valence-corrected chi connectivity index (χ0v) is 7.91. The van der Waals surface area contributed by atoms with Crippen molar-refractivity contribution in [2.24, 2.45) is 0 Å². The molecule has 0 saturated carbocycles. The summed E-state index contributed by atoms with van der Waals surface area (Å²) >= 11 is 0. The van der Waals surface area contributed by atoms with E-state index in [1.165, 1.54) is 6.26 Å². The van der Waals surface area contributed by atoms with E-state index in [0.717, 1.165) is 19.5 Å². The predicted molar refractivity (Wildman–Crippen MR) is 49.4 cm³/mol. The van der Waals surface area contributed by atoms with Crippen LogP contribution >= 0.6 is 0 Å². The minimum Gasteiger partial charge on any atom is -0.494 e. The molecule has 5 heteroatoms. The van der Waals surface area contributed by atoms with Gasteiger partial charge in [0, 0.05) is 12.6 Å². The van der Waals surface area contributed by atoms with E-state index < -0.39 is 0 Å². The molecule has 2 heterocycles. The van der Waals surface area contributed by atoms with Gasteiger partial charge in [0.25, 0.3) is 5.91 Å². The lowest BCUT2D eigenvalue weighted by molar-refractivity contribution is -0.122. The van der Waals surface area contributed by atoms with Crippen molar-refractivity contribution in [1.29, 1.82) is 0 Å². The Bertz CT molecular complexity index is 246. The molecule has 78 valence electrons. The van der Waals surface area contributed by atoms with Crippen molar-refractivity contribution < 1.29 is 14.3 Å². The normalized spacial score (nSPS) is 26.0. The second-order valence-electron chi connectivity index (χ2n) is 3.36. The van der Waals surface area contributed by atoms with Gasteiger partial charge >= 0.3 is 0 Å². The lowest BCUT2D eigenvalue weighted by Crippen LogP contribution is -2.38. The first kappa shape index (κ1) is 9.33. The fourth-order valence-electron chi connectivity index (χ4n) is 1.52. The molecule has 0 aromatic rings. The van der Waals surface area contributed by atoms with Crippen molar-refractivity contribution in [3.63, 3.8) is 0 Å². The summed E-state index contributed by atoms with van der Waals surface area (Å²) in [5.41, 5.74) is 0. The Hall–Kier alpha value is -1.23. The molecule has 0 aromatic carbocycles. The van der Waals surface area contributed by atoms with E-state index in [-0.39, 0.29) is 17.7 Å². The molecule has 0 aliphatic carbocycles. The van der Waals surface area contributed by atoms with E-state index >= 15 is 0 Å². The monoisotopic (exact) mass is 198 g/mol. The first-order chi connectivity index (χ1) is 6.86. The fraction of sp³-hybridized carbons (Fsp3) is 0.667. The fourth-order valence-corrected chi connectivity index (χ4v) is 1.52. The number of carbonyl (C=O) groups excluding carboxylic acids is 1. The lowest BCUT2D eigenvalue weighted by atomic mass is 10.2. The Morgan fingerprint density at radius 3 is 3.14 bits per heavy atom. The summed E-state index contributed by atoms with van der Waals surface area (Å²) in [6.07, 6.45) is 2.35. The number of hydrogen-bond acceptors (Lipinski definition) is 4. The number of rotatable bonds is 2. The highest BCUT2D eigenvalue weighted by Gasteiger charge is 2.21. The Labute approximate surface area is 82.4 Å². The molecule has 1 fully saturated rings. The van der Waals surface area contributed by atoms with E-state index in [0.29, 0.717) is 13.2 Å². The Morgan fingerprint density at radius 2 is 2.50 bits per heavy atom. The second-order valence-corrected chi connectivity index (χ2v) is 3.36. The second kappa shape index (κ2) is 4.32. The summed E-state index contributed by atoms with van der Waals surface area (Å²) in [5, 5.41) is 6.05. The average Bonchev–Trinajstić information content (AvgIpc) is 2.72. The predicted octanol–water partition coefficient (Wildman–Crippen LogP) is -0.647. The first-order valence-electron chi connectivity index (χ1n) is 4.82. The molecule has 0 radical (unpaired) electrons. The van der Waals surface area contributed by atoms with Gasteiger partial charge in [-0.25, -0.2) is 0 Å². The number of nitrogens with one attached hydrogen (secondary N) is 2. The third-order valence-corrected chi connectivity index (χ3v) is 2.27. The SMILES string of the molecule is O=C(NC1CCNC1)C1=COCCO1. The van der Waals surface area contributed by atoms with Gasteiger partial charge in [-0.05, 0) is 13.0 Å². The molecule has 2 N–H and O–H groups in total. The molecule has 5 nitrogen and oxygen atoms in total. The highest BCUT2D eigenvalue weighted by molar-refractivity contribution is 5.91. The van der Waals surface area contributed by atoms with Crippen LogP contribution in [0.5, 0.6) is 0 Å². The molecule has 1 unspecified atom stereocenters. The largest absolute Gasteiger partial charge is 0.494 e. The summed E-state index contributed by atoms with van der Waals surface area (Å²) in [6, 6.07) is 0.217. The lowest BCUT2D eigenvalue weighted by Gasteiger charge is -2.17. The minimum atomic E-state index is -0.182. The molecular weight excluding hydrogens is 184 g/mol. The van der Waals surface area contributed by atoms with E-state index in [1.54, 1.807) is 0 Å². The average molecular weight is 198 g/mol. The molecular formula is C9H14N2O3. The van der Waals surface area contributed by atoms with Crippen molar-refractivity contribution in [2.45, 2.75) is 12.5 Å². The summed E-state index contributed by atoms with van der Waals surface area (Å²) in [4.78, 5) is 11.5. The van der Waals surface area contributed by atoms with Gasteiger partial charge in [-0.1, -0.05) is 0 Å². The Morgan fingerprint density at radius 1 is 1.57 bits per heavy atom. The van der Waals surface area contributed by atoms with Crippen LogP contribution in [0.25, 0.3) is 0 Å². The molecule has 0 aromatic heterocycles. The van der Waals surface area contributed by atoms with E-state index in [1.807, 2.05) is 0 Å². The van der Waals surface area contributed by atoms with Crippen LogP contribution in [0.4, 0.5) is 0 Å². The molecule has 14 heavy (non-hydrogen) atoms. The maximum atomic E-state index is 11.5. The van der Waals surface area contributed by atoms with E-state index in [2.05, 4.69) is 10.6 Å². The topological polar surface area (TPSA) is 59.6 Å². The smallest absolute Gasteiger partial charge is 0.289 e. The van der Waals surface area contributed by atoms with Gasteiger partial charge in [-0.3, -0.25) is 4.79 Å². The molecule has 1 amide bonds. The van der Waals surface area contributed by atoms with Crippen molar-refractivity contribution in [3.05, 3.63) is 12.0 Å². The van der Waals surface area contributed by atoms with Crippen LogP contribution in [0.15, 0.2) is 12.0 Å². The van der Waals surface area contributed by atoms with Crippen LogP contribution < -0.4 is 10.6 Å². The number of ether oxygens (including phenoxy) is 2. The molecule has 1 atom stereocenters. The number of carbonyl (C=O) groups is 1. The van der Waals surface area contributed by atoms with Gasteiger partial charge in [0.2, 0.25) is 5.76 Å². The first-order valence-corrected chi connectivity index (χ1v) is 4.82. The third kappa shape index (κ3) is 2.17. The zero-order valence-electron chi connectivity index (χ0n) is 7.91. The summed E-state index contributed by atoms with van der Waals surface area (Å²) in [7, 11) is 0. The quantitative estimate of drug-likeness (QED) is 0.619. The summed E-state index contributed by atoms with van der Waals surface area (Å²) < 4.78 is 10.2. The van der Waals surface area contributed by atoms with Gasteiger partial charge < -0.3 is 20.1 Å². The van der Waals surface area contributed by atoms with Crippen LogP contribution in [-0.2, 0) is 14.3 Å². The van der Waals surface area contributed by atoms with E-state index in [4.69, 9.17) is 9.47 Å². The van der Waals surface area contributed by atoms with Crippen molar-refractivity contribution in [2.75, 3.05) is 26.3 Å². The van der Waals surface area contributed by atoms with Crippen LogP contribution in [-0.4, -0.2) is 38.3 Å². The molecule has 2 aliphatic rings. The third-order valence-electron chi connectivity index (χ3n) is 2.27. The Balaban J connectivity index is 1.84. The Kier molecular flexibility index (Phi) is 2.88. The van der Waals surface area contributed by atoms with Gasteiger partial charge in [0.15, 0.2) is 0 Å². The van der Waals surface area contributed by atoms with Gasteiger partial charge in [-0.2, -0.15) is 0 Å². The van der Waals surface area contributed by atoms with Crippen LogP contribution in [0, 0.1) is 0 Å². The van der Waals surface area contributed by atoms with Crippen LogP contribution in [0.1, 0.15) is 6.42 Å². The maximum absolute atomic E-state index is 11.5. The molecule has 2 rings (SSSR count). The molecule has 0 spiro atoms. The molecule has 2 aliphatic heterocycles. The van der Waals surface area contributed by atoms with Gasteiger partial charge in [0.05, 0.1) is 0 Å². The van der Waals surface area contributed by atoms with Crippen molar-refractivity contribution >= 4 is 5.91 Å². The number of hydrogen-bond donors (Lipinski definition) is 2. The standard InChI is InChI=1S/C9H14N2O3/c12-9(8-6-13-3-4-14-8)11-7-1-2-10-5-7/h6-7,10H,1-5H2,(H,11,12). The minimum absolute atomic E-state index is 0.182. The highest BCUT2D eigenvalue weighted by atomic mass is 16.6.